The van der Waals surface area contributed by atoms with Crippen LogP contribution in [0, 0.1) is 0 Å². The number of rotatable bonds is 4. The average molecular weight is 362 g/mol. The summed E-state index contributed by atoms with van der Waals surface area (Å²) < 4.78 is 23.6. The zero-order valence-corrected chi connectivity index (χ0v) is 13.0. The summed E-state index contributed by atoms with van der Waals surface area (Å²) in [6.07, 6.45) is 0. The van der Waals surface area contributed by atoms with E-state index in [1.54, 1.807) is 11.3 Å². The monoisotopic (exact) mass is 361 g/mol. The first-order valence-electron chi connectivity index (χ1n) is 5.25. The van der Waals surface area contributed by atoms with Gasteiger partial charge in [-0.1, -0.05) is 0 Å². The molecule has 0 saturated carbocycles. The molecule has 0 fully saturated rings. The quantitative estimate of drug-likeness (QED) is 0.727. The molecule has 0 bridgehead atoms. The van der Waals surface area contributed by atoms with E-state index >= 15 is 0 Å². The third-order valence-corrected chi connectivity index (χ3v) is 5.04. The molecule has 0 amide bonds. The van der Waals surface area contributed by atoms with Gasteiger partial charge in [-0.05, 0) is 40.2 Å². The van der Waals surface area contributed by atoms with Crippen molar-refractivity contribution < 1.29 is 8.42 Å². The molecule has 0 aliphatic carbocycles. The van der Waals surface area contributed by atoms with Gasteiger partial charge in [0.1, 0.15) is 0 Å². The third-order valence-electron chi connectivity index (χ3n) is 2.43. The summed E-state index contributed by atoms with van der Waals surface area (Å²) in [4.78, 5) is 1.14. The summed E-state index contributed by atoms with van der Waals surface area (Å²) >= 11 is 4.96. The predicted molar refractivity (Wildman–Crippen MR) is 81.6 cm³/mol. The Balaban J connectivity index is 2.20. The molecular weight excluding hydrogens is 350 g/mol. The molecule has 5 N–H and O–H groups in total. The van der Waals surface area contributed by atoms with E-state index in [0.29, 0.717) is 17.9 Å². The van der Waals surface area contributed by atoms with E-state index in [2.05, 4.69) is 21.2 Å². The Morgan fingerprint density at radius 3 is 2.63 bits per heavy atom. The fraction of sp³-hybridized carbons (Fsp3) is 0.0909. The second-order valence-corrected chi connectivity index (χ2v) is 7.35. The van der Waals surface area contributed by atoms with Crippen LogP contribution in [0.4, 0.5) is 11.4 Å². The highest BCUT2D eigenvalue weighted by Crippen LogP contribution is 2.25. The molecule has 102 valence electrons. The molecule has 1 aromatic carbocycles. The van der Waals surface area contributed by atoms with Gasteiger partial charge in [0.05, 0.1) is 16.3 Å². The highest BCUT2D eigenvalue weighted by molar-refractivity contribution is 9.10. The number of halogens is 1. The molecular formula is C11H12BrN3O2S2. The Bertz CT molecular complexity index is 698. The van der Waals surface area contributed by atoms with Crippen LogP contribution in [0.2, 0.25) is 0 Å². The molecule has 0 unspecified atom stereocenters. The summed E-state index contributed by atoms with van der Waals surface area (Å²) in [6, 6.07) is 6.33. The molecule has 0 radical (unpaired) electrons. The fourth-order valence-corrected chi connectivity index (χ4v) is 3.42. The molecule has 8 heteroatoms. The number of benzene rings is 1. The largest absolute Gasteiger partial charge is 0.397 e. The molecule has 0 saturated heterocycles. The second-order valence-electron chi connectivity index (χ2n) is 3.88. The molecule has 5 nitrogen and oxygen atoms in total. The van der Waals surface area contributed by atoms with Gasteiger partial charge >= 0.3 is 0 Å². The van der Waals surface area contributed by atoms with Gasteiger partial charge in [-0.15, -0.1) is 11.3 Å². The van der Waals surface area contributed by atoms with Crippen LogP contribution >= 0.6 is 27.3 Å². The van der Waals surface area contributed by atoms with Crippen LogP contribution in [0.5, 0.6) is 0 Å². The first kappa shape index (κ1) is 14.3. The molecule has 19 heavy (non-hydrogen) atoms. The Hall–Kier alpha value is -1.09. The smallest absolute Gasteiger partial charge is 0.238 e. The Morgan fingerprint density at radius 1 is 1.32 bits per heavy atom. The number of hydrogen-bond acceptors (Lipinski definition) is 5. The number of nitrogen functional groups attached to an aromatic ring is 1. The summed E-state index contributed by atoms with van der Waals surface area (Å²) in [5.74, 6) is 0. The SMILES string of the molecule is Nc1ccc(S(N)(=O)=O)cc1NCc1cc(Br)cs1. The predicted octanol–water partition coefficient (Wildman–Crippen LogP) is 2.35. The molecule has 2 rings (SSSR count). The minimum absolute atomic E-state index is 0.0385. The average Bonchev–Trinajstić information content (AvgIpc) is 2.72. The summed E-state index contributed by atoms with van der Waals surface area (Å²) in [5.41, 5.74) is 6.83. The zero-order valence-electron chi connectivity index (χ0n) is 9.76. The number of anilines is 2. The number of primary sulfonamides is 1. The summed E-state index contributed by atoms with van der Waals surface area (Å²) in [5, 5.41) is 10.2. The van der Waals surface area contributed by atoms with Crippen molar-refractivity contribution in [1.82, 2.24) is 0 Å². The highest BCUT2D eigenvalue weighted by atomic mass is 79.9. The summed E-state index contributed by atoms with van der Waals surface area (Å²) in [6.45, 7) is 0.564. The van der Waals surface area contributed by atoms with Crippen molar-refractivity contribution >= 4 is 48.7 Å². The van der Waals surface area contributed by atoms with Crippen molar-refractivity contribution in [3.63, 3.8) is 0 Å². The van der Waals surface area contributed by atoms with Crippen LogP contribution in [0.1, 0.15) is 4.88 Å². The molecule has 0 atom stereocenters. The molecule has 1 heterocycles. The van der Waals surface area contributed by atoms with Gasteiger partial charge in [0.2, 0.25) is 10.0 Å². The van der Waals surface area contributed by atoms with E-state index in [0.717, 1.165) is 9.35 Å². The van der Waals surface area contributed by atoms with Crippen LogP contribution in [0.15, 0.2) is 39.0 Å². The first-order chi connectivity index (χ1) is 8.86. The molecule has 0 aliphatic rings. The minimum Gasteiger partial charge on any atom is -0.397 e. The lowest BCUT2D eigenvalue weighted by atomic mass is 10.2. The minimum atomic E-state index is -3.72. The normalized spacial score (nSPS) is 11.5. The van der Waals surface area contributed by atoms with Crippen LogP contribution in [0.3, 0.4) is 0 Å². The van der Waals surface area contributed by atoms with Gasteiger partial charge in [0.15, 0.2) is 0 Å². The van der Waals surface area contributed by atoms with Crippen LogP contribution in [-0.4, -0.2) is 8.42 Å². The van der Waals surface area contributed by atoms with E-state index < -0.39 is 10.0 Å². The van der Waals surface area contributed by atoms with Crippen LogP contribution in [0.25, 0.3) is 0 Å². The number of thiophene rings is 1. The maximum atomic E-state index is 11.3. The van der Waals surface area contributed by atoms with E-state index in [1.165, 1.54) is 18.2 Å². The lowest BCUT2D eigenvalue weighted by molar-refractivity contribution is 0.598. The van der Waals surface area contributed by atoms with E-state index in [-0.39, 0.29) is 4.90 Å². The fourth-order valence-electron chi connectivity index (χ4n) is 1.49. The van der Waals surface area contributed by atoms with Gasteiger partial charge < -0.3 is 11.1 Å². The Kier molecular flexibility index (Phi) is 4.14. The molecule has 0 aliphatic heterocycles. The Labute approximate surface area is 123 Å². The third kappa shape index (κ3) is 3.69. The van der Waals surface area contributed by atoms with E-state index in [1.807, 2.05) is 11.4 Å². The number of sulfonamides is 1. The Morgan fingerprint density at radius 2 is 2.05 bits per heavy atom. The maximum absolute atomic E-state index is 11.3. The molecule has 2 aromatic rings. The number of nitrogens with one attached hydrogen (secondary N) is 1. The zero-order chi connectivity index (χ0) is 14.0. The van der Waals surface area contributed by atoms with Crippen molar-refractivity contribution in [1.29, 1.82) is 0 Å². The van der Waals surface area contributed by atoms with Gasteiger partial charge in [0, 0.05) is 21.3 Å². The van der Waals surface area contributed by atoms with Gasteiger partial charge in [0.25, 0.3) is 0 Å². The number of hydrogen-bond donors (Lipinski definition) is 3. The number of nitrogens with two attached hydrogens (primary N) is 2. The second kappa shape index (κ2) is 5.49. The lowest BCUT2D eigenvalue weighted by Crippen LogP contribution is -2.13. The van der Waals surface area contributed by atoms with Crippen molar-refractivity contribution in [3.8, 4) is 0 Å². The topological polar surface area (TPSA) is 98.2 Å². The first-order valence-corrected chi connectivity index (χ1v) is 8.47. The molecule has 1 aromatic heterocycles. The van der Waals surface area contributed by atoms with E-state index in [4.69, 9.17) is 10.9 Å². The van der Waals surface area contributed by atoms with Gasteiger partial charge in [-0.25, -0.2) is 13.6 Å². The highest BCUT2D eigenvalue weighted by Gasteiger charge is 2.10. The van der Waals surface area contributed by atoms with Crippen LogP contribution in [-0.2, 0) is 16.6 Å². The molecule has 0 spiro atoms. The van der Waals surface area contributed by atoms with Crippen LogP contribution < -0.4 is 16.2 Å². The standard InChI is InChI=1S/C11H12BrN3O2S2/c12-7-3-8(18-6-7)5-15-11-4-9(19(14,16)17)1-2-10(11)13/h1-4,6,15H,5,13H2,(H2,14,16,17). The maximum Gasteiger partial charge on any atom is 0.238 e. The summed E-state index contributed by atoms with van der Waals surface area (Å²) in [7, 11) is -3.72. The van der Waals surface area contributed by atoms with Gasteiger partial charge in [-0.2, -0.15) is 0 Å². The van der Waals surface area contributed by atoms with Crippen molar-refractivity contribution in [2.24, 2.45) is 5.14 Å². The van der Waals surface area contributed by atoms with Crippen molar-refractivity contribution in [2.75, 3.05) is 11.1 Å². The van der Waals surface area contributed by atoms with E-state index in [9.17, 15) is 8.42 Å². The van der Waals surface area contributed by atoms with Crippen molar-refractivity contribution in [3.05, 3.63) is 39.0 Å². The van der Waals surface area contributed by atoms with Crippen molar-refractivity contribution in [2.45, 2.75) is 11.4 Å². The van der Waals surface area contributed by atoms with Gasteiger partial charge in [-0.3, -0.25) is 0 Å². The lowest BCUT2D eigenvalue weighted by Gasteiger charge is -2.09.